The van der Waals surface area contributed by atoms with Crippen LogP contribution in [-0.2, 0) is 4.74 Å². The second kappa shape index (κ2) is 7.08. The number of nitro groups is 1. The van der Waals surface area contributed by atoms with Gasteiger partial charge in [-0.1, -0.05) is 0 Å². The molecule has 0 aliphatic carbocycles. The average molecular weight is 298 g/mol. The lowest BCUT2D eigenvalue weighted by Crippen LogP contribution is -2.50. The number of nitro benzene ring substituents is 1. The number of carbonyl (C=O) groups excluding carboxylic acids is 1. The van der Waals surface area contributed by atoms with E-state index in [-0.39, 0.29) is 11.7 Å². The number of amides is 2. The molecule has 2 N–H and O–H groups in total. The fourth-order valence-electron chi connectivity index (χ4n) is 1.58. The molecule has 2 amide bonds. The number of hydrazine groups is 1. The normalized spacial score (nSPS) is 15.6. The Kier molecular flexibility index (Phi) is 5.16. The van der Waals surface area contributed by atoms with Gasteiger partial charge in [0.1, 0.15) is 0 Å². The third kappa shape index (κ3) is 4.37. The Bertz CT molecular complexity index is 476. The minimum Gasteiger partial charge on any atom is -0.379 e. The first kappa shape index (κ1) is 14.6. The van der Waals surface area contributed by atoms with Crippen molar-refractivity contribution in [2.75, 3.05) is 26.3 Å². The lowest BCUT2D eigenvalue weighted by molar-refractivity contribution is -0.384. The maximum atomic E-state index is 11.6. The van der Waals surface area contributed by atoms with Crippen LogP contribution in [0.1, 0.15) is 0 Å². The first-order valence-corrected chi connectivity index (χ1v) is 6.77. The molecule has 20 heavy (non-hydrogen) atoms. The van der Waals surface area contributed by atoms with Gasteiger partial charge in [0, 0.05) is 30.1 Å². The van der Waals surface area contributed by atoms with Crippen LogP contribution >= 0.6 is 11.9 Å². The number of rotatable bonds is 4. The summed E-state index contributed by atoms with van der Waals surface area (Å²) in [7, 11) is 0. The molecule has 1 heterocycles. The van der Waals surface area contributed by atoms with E-state index in [0.29, 0.717) is 31.2 Å². The molecule has 1 saturated heterocycles. The second-order valence-electron chi connectivity index (χ2n) is 4.00. The Morgan fingerprint density at radius 2 is 1.95 bits per heavy atom. The summed E-state index contributed by atoms with van der Waals surface area (Å²) in [6, 6.07) is 5.61. The number of hydrogen-bond acceptors (Lipinski definition) is 6. The van der Waals surface area contributed by atoms with E-state index >= 15 is 0 Å². The SMILES string of the molecule is O=C(NSc1ccc([N+](=O)[O-])cc1)NN1CCOCC1. The van der Waals surface area contributed by atoms with E-state index in [9.17, 15) is 14.9 Å². The molecule has 0 bridgehead atoms. The zero-order valence-corrected chi connectivity index (χ0v) is 11.4. The van der Waals surface area contributed by atoms with Crippen LogP contribution in [0.3, 0.4) is 0 Å². The molecule has 1 fully saturated rings. The highest BCUT2D eigenvalue weighted by molar-refractivity contribution is 7.98. The van der Waals surface area contributed by atoms with Gasteiger partial charge < -0.3 is 4.74 Å². The van der Waals surface area contributed by atoms with Crippen LogP contribution in [0.2, 0.25) is 0 Å². The van der Waals surface area contributed by atoms with Crippen molar-refractivity contribution in [1.82, 2.24) is 15.2 Å². The predicted octanol–water partition coefficient (Wildman–Crippen LogP) is 1.15. The monoisotopic (exact) mass is 298 g/mol. The van der Waals surface area contributed by atoms with E-state index in [0.717, 1.165) is 11.9 Å². The Hall–Kier alpha value is -1.84. The number of non-ortho nitro benzene ring substituents is 1. The number of ether oxygens (including phenoxy) is 1. The molecule has 0 saturated carbocycles. The quantitative estimate of drug-likeness (QED) is 0.492. The van der Waals surface area contributed by atoms with Crippen molar-refractivity contribution < 1.29 is 14.5 Å². The molecule has 0 atom stereocenters. The molecule has 0 radical (unpaired) electrons. The van der Waals surface area contributed by atoms with Gasteiger partial charge in [-0.15, -0.1) is 0 Å². The van der Waals surface area contributed by atoms with Gasteiger partial charge >= 0.3 is 6.03 Å². The zero-order chi connectivity index (χ0) is 14.4. The number of urea groups is 1. The number of carbonyl (C=O) groups is 1. The molecule has 1 aliphatic rings. The largest absolute Gasteiger partial charge is 0.379 e. The van der Waals surface area contributed by atoms with Gasteiger partial charge in [-0.3, -0.25) is 20.3 Å². The van der Waals surface area contributed by atoms with E-state index in [4.69, 9.17) is 4.74 Å². The summed E-state index contributed by atoms with van der Waals surface area (Å²) >= 11 is 1.09. The maximum Gasteiger partial charge on any atom is 0.339 e. The van der Waals surface area contributed by atoms with E-state index in [1.165, 1.54) is 12.1 Å². The van der Waals surface area contributed by atoms with Gasteiger partial charge in [0.15, 0.2) is 0 Å². The third-order valence-corrected chi connectivity index (χ3v) is 3.38. The number of hydrogen-bond donors (Lipinski definition) is 2. The van der Waals surface area contributed by atoms with E-state index in [2.05, 4.69) is 10.1 Å². The Labute approximate surface area is 119 Å². The minimum atomic E-state index is -0.465. The Morgan fingerprint density at radius 1 is 1.30 bits per heavy atom. The third-order valence-electron chi connectivity index (χ3n) is 2.58. The summed E-state index contributed by atoms with van der Waals surface area (Å²) in [4.78, 5) is 22.4. The number of benzene rings is 1. The molecular formula is C11H14N4O4S. The summed E-state index contributed by atoms with van der Waals surface area (Å²) < 4.78 is 7.78. The fourth-order valence-corrected chi connectivity index (χ4v) is 2.11. The van der Waals surface area contributed by atoms with E-state index in [1.54, 1.807) is 17.1 Å². The summed E-state index contributed by atoms with van der Waals surface area (Å²) in [5.41, 5.74) is 2.71. The predicted molar refractivity (Wildman–Crippen MR) is 73.0 cm³/mol. The van der Waals surface area contributed by atoms with Crippen LogP contribution < -0.4 is 10.1 Å². The Balaban J connectivity index is 1.76. The van der Waals surface area contributed by atoms with Crippen molar-refractivity contribution in [2.24, 2.45) is 0 Å². The van der Waals surface area contributed by atoms with Crippen LogP contribution in [0.15, 0.2) is 29.2 Å². The first-order chi connectivity index (χ1) is 9.65. The van der Waals surface area contributed by atoms with Gasteiger partial charge in [0.05, 0.1) is 18.1 Å². The minimum absolute atomic E-state index is 0.0205. The smallest absolute Gasteiger partial charge is 0.339 e. The lowest BCUT2D eigenvalue weighted by Gasteiger charge is -2.26. The fraction of sp³-hybridized carbons (Fsp3) is 0.364. The van der Waals surface area contributed by atoms with Crippen molar-refractivity contribution in [3.05, 3.63) is 34.4 Å². The maximum absolute atomic E-state index is 11.6. The number of morpholine rings is 1. The number of nitrogens with one attached hydrogen (secondary N) is 2. The zero-order valence-electron chi connectivity index (χ0n) is 10.6. The van der Waals surface area contributed by atoms with Crippen LogP contribution in [0, 0.1) is 10.1 Å². The second-order valence-corrected chi connectivity index (χ2v) is 4.88. The lowest BCUT2D eigenvalue weighted by atomic mass is 10.3. The molecule has 0 unspecified atom stereocenters. The topological polar surface area (TPSA) is 96.7 Å². The van der Waals surface area contributed by atoms with Gasteiger partial charge in [-0.2, -0.15) is 0 Å². The summed E-state index contributed by atoms with van der Waals surface area (Å²) in [5.74, 6) is 0. The molecule has 8 nitrogen and oxygen atoms in total. The van der Waals surface area contributed by atoms with Crippen molar-refractivity contribution in [3.8, 4) is 0 Å². The van der Waals surface area contributed by atoms with Crippen molar-refractivity contribution in [1.29, 1.82) is 0 Å². The standard InChI is InChI=1S/C11H14N4O4S/c16-11(12-14-5-7-19-8-6-14)13-20-10-3-1-9(2-4-10)15(17)18/h1-4H,5-8H2,(H2,12,13,16). The number of nitrogens with zero attached hydrogens (tertiary/aromatic N) is 2. The Morgan fingerprint density at radius 3 is 2.55 bits per heavy atom. The molecule has 0 aromatic heterocycles. The van der Waals surface area contributed by atoms with Crippen LogP contribution in [0.5, 0.6) is 0 Å². The van der Waals surface area contributed by atoms with Crippen LogP contribution in [0.4, 0.5) is 10.5 Å². The molecule has 2 rings (SSSR count). The highest BCUT2D eigenvalue weighted by atomic mass is 32.2. The van der Waals surface area contributed by atoms with Gasteiger partial charge in [0.2, 0.25) is 0 Å². The molecular weight excluding hydrogens is 284 g/mol. The summed E-state index contributed by atoms with van der Waals surface area (Å²) in [6.45, 7) is 2.48. The molecule has 1 aromatic rings. The molecule has 0 spiro atoms. The molecule has 9 heteroatoms. The van der Waals surface area contributed by atoms with Crippen LogP contribution in [0.25, 0.3) is 0 Å². The van der Waals surface area contributed by atoms with Gasteiger partial charge in [-0.05, 0) is 24.1 Å². The molecule has 1 aliphatic heterocycles. The summed E-state index contributed by atoms with van der Waals surface area (Å²) in [6.07, 6.45) is 0. The van der Waals surface area contributed by atoms with Crippen LogP contribution in [-0.4, -0.2) is 42.3 Å². The van der Waals surface area contributed by atoms with Gasteiger partial charge in [0.25, 0.3) is 5.69 Å². The highest BCUT2D eigenvalue weighted by Gasteiger charge is 2.13. The van der Waals surface area contributed by atoms with Crippen molar-refractivity contribution in [3.63, 3.8) is 0 Å². The molecule has 108 valence electrons. The highest BCUT2D eigenvalue weighted by Crippen LogP contribution is 2.18. The average Bonchev–Trinajstić information content (AvgIpc) is 2.46. The van der Waals surface area contributed by atoms with E-state index in [1.807, 2.05) is 0 Å². The van der Waals surface area contributed by atoms with E-state index < -0.39 is 4.92 Å². The van der Waals surface area contributed by atoms with Crippen molar-refractivity contribution >= 4 is 23.7 Å². The molecule has 1 aromatic carbocycles. The van der Waals surface area contributed by atoms with Gasteiger partial charge in [-0.25, -0.2) is 9.80 Å². The summed E-state index contributed by atoms with van der Waals surface area (Å²) in [5, 5.41) is 12.3. The first-order valence-electron chi connectivity index (χ1n) is 5.96. The van der Waals surface area contributed by atoms with Crippen molar-refractivity contribution in [2.45, 2.75) is 4.90 Å².